The number of benzene rings is 4. The Balaban J connectivity index is 0.00000366. The third-order valence-corrected chi connectivity index (χ3v) is 18.6. The van der Waals surface area contributed by atoms with Gasteiger partial charge in [0.05, 0.1) is 17.4 Å². The summed E-state index contributed by atoms with van der Waals surface area (Å²) in [4.78, 5) is 59.1. The SMILES string of the molecule is CCN1CC2CC1CN2c1nc(OC2CCCCC2)nc2c(OCc3ccc(-c4cn(C(C(=O)N5CCCC5C(=O)NCc5ccc(-c6ccnn6CC)cc5)C(C)C)nc4C=O)c(NC)c3)c(-c3c(C)c(F)cc4[nH]ncc34)c(C3CC3)cc12.CO. The number of aliphatic hydroxyl groups is 1. The second kappa shape index (κ2) is 25.2. The Morgan fingerprint density at radius 3 is 2.39 bits per heavy atom. The Kier molecular flexibility index (Phi) is 17.1. The van der Waals surface area contributed by atoms with Crippen molar-refractivity contribution in [3.8, 4) is 45.3 Å². The Bertz CT molecular complexity index is 3830. The molecule has 456 valence electrons. The maximum absolute atomic E-state index is 16.3. The quantitative estimate of drug-likeness (QED) is 0.0523. The summed E-state index contributed by atoms with van der Waals surface area (Å²) < 4.78 is 34.0. The molecule has 4 atom stereocenters. The number of fused-ring (bicyclic) bond motifs is 4. The number of anilines is 2. The van der Waals surface area contributed by atoms with Gasteiger partial charge in [-0.05, 0) is 142 Å². The van der Waals surface area contributed by atoms with E-state index in [1.807, 2.05) is 81.0 Å². The highest BCUT2D eigenvalue weighted by Crippen LogP contribution is 2.54. The Morgan fingerprint density at radius 1 is 0.885 bits per heavy atom. The Labute approximate surface area is 507 Å². The standard InChI is InChI=1S/C66H76FN13O5.CH4O/c1-7-76-33-45-28-44(76)34-78(45)63-49-29-48(42-21-22-42)59(58-39(5)52(67)30-54-50(58)32-70-74-54)62(60(49)72-66(73-63)85-46-13-10-9-11-14-46)84-37-41-18-23-47(53(27-41)68-6)51-35-80(75-55(51)36-81)61(38(3)4)65(83)77-26-12-15-57(77)64(82)69-31-40-16-19-43(20-17-40)56-24-25-71-79(56)8-2;1-2/h16-20,23-25,27,29-30,32,35-36,38,42,44-46,57,61,68H,7-15,21-22,26,28,31,33-34,37H2,1-6H3,(H,69,82)(H,70,74);2H,1H3. The molecular formula is C67H80FN13O6. The van der Waals surface area contributed by atoms with Crippen molar-refractivity contribution < 1.29 is 33.4 Å². The van der Waals surface area contributed by atoms with Crippen molar-refractivity contribution in [1.29, 1.82) is 0 Å². The first-order valence-corrected chi connectivity index (χ1v) is 31.2. The van der Waals surface area contributed by atoms with E-state index in [0.29, 0.717) is 77.1 Å². The van der Waals surface area contributed by atoms with Crippen molar-refractivity contribution in [2.45, 2.75) is 155 Å². The van der Waals surface area contributed by atoms with Crippen molar-refractivity contribution in [1.82, 2.24) is 54.8 Å². The van der Waals surface area contributed by atoms with Gasteiger partial charge in [-0.15, -0.1) is 0 Å². The molecule has 2 saturated carbocycles. The number of hydrogen-bond acceptors (Lipinski definition) is 14. The lowest BCUT2D eigenvalue weighted by atomic mass is 9.88. The second-order valence-corrected chi connectivity index (χ2v) is 24.3. The van der Waals surface area contributed by atoms with Gasteiger partial charge in [0.25, 0.3) is 0 Å². The minimum atomic E-state index is -0.791. The van der Waals surface area contributed by atoms with Crippen molar-refractivity contribution in [3.63, 3.8) is 0 Å². The van der Waals surface area contributed by atoms with E-state index in [0.717, 1.165) is 140 Å². The number of aromatic nitrogens is 8. The molecule has 2 aliphatic carbocycles. The lowest BCUT2D eigenvalue weighted by Crippen LogP contribution is -2.48. The van der Waals surface area contributed by atoms with Gasteiger partial charge < -0.3 is 35.0 Å². The predicted molar refractivity (Wildman–Crippen MR) is 334 cm³/mol. The van der Waals surface area contributed by atoms with E-state index in [-0.39, 0.29) is 53.9 Å². The fraction of sp³-hybridized carbons (Fsp3) is 0.463. The Hall–Kier alpha value is -8.23. The molecule has 0 spiro atoms. The molecule has 4 aromatic carbocycles. The van der Waals surface area contributed by atoms with E-state index in [2.05, 4.69) is 55.6 Å². The summed E-state index contributed by atoms with van der Waals surface area (Å²) in [6.45, 7) is 14.5. The summed E-state index contributed by atoms with van der Waals surface area (Å²) in [5.74, 6) is 0.604. The average Bonchev–Trinajstić information content (AvgIpc) is 1.85. The van der Waals surface area contributed by atoms with Crippen molar-refractivity contribution >= 4 is 51.4 Å². The molecule has 13 rings (SSSR count). The Morgan fingerprint density at radius 2 is 1.68 bits per heavy atom. The van der Waals surface area contributed by atoms with Gasteiger partial charge in [-0.3, -0.25) is 33.7 Å². The number of hydrogen-bond donors (Lipinski definition) is 4. The number of likely N-dealkylation sites (N-methyl/N-ethyl adjacent to an activating group) is 1. The van der Waals surface area contributed by atoms with Crippen LogP contribution in [0.1, 0.15) is 137 Å². The number of ether oxygens (including phenoxy) is 2. The zero-order valence-electron chi connectivity index (χ0n) is 51.0. The van der Waals surface area contributed by atoms with E-state index in [1.165, 1.54) is 12.5 Å². The molecule has 87 heavy (non-hydrogen) atoms. The van der Waals surface area contributed by atoms with Crippen LogP contribution in [0.2, 0.25) is 0 Å². The average molecular weight is 1180 g/mol. The number of likely N-dealkylation sites (tertiary alicyclic amines) is 2. The van der Waals surface area contributed by atoms with Crippen molar-refractivity contribution in [2.75, 3.05) is 50.6 Å². The molecular weight excluding hydrogens is 1100 g/mol. The number of piperazine rings is 1. The van der Waals surface area contributed by atoms with Gasteiger partial charge in [-0.25, -0.2) is 4.39 Å². The smallest absolute Gasteiger partial charge is 0.319 e. The van der Waals surface area contributed by atoms with Crippen molar-refractivity contribution in [2.24, 2.45) is 5.92 Å². The first-order chi connectivity index (χ1) is 42.4. The lowest BCUT2D eigenvalue weighted by Gasteiger charge is -2.35. The van der Waals surface area contributed by atoms with E-state index in [9.17, 15) is 14.4 Å². The summed E-state index contributed by atoms with van der Waals surface area (Å²) in [5, 5.41) is 31.8. The molecule has 19 nitrogen and oxygen atoms in total. The van der Waals surface area contributed by atoms with Crippen LogP contribution in [0, 0.1) is 18.7 Å². The van der Waals surface area contributed by atoms with E-state index < -0.39 is 12.1 Å². The molecule has 5 fully saturated rings. The van der Waals surface area contributed by atoms with Crippen LogP contribution in [0.3, 0.4) is 0 Å². The molecule has 4 aromatic heterocycles. The van der Waals surface area contributed by atoms with Crippen LogP contribution in [0.15, 0.2) is 79.3 Å². The molecule has 2 bridgehead atoms. The number of aryl methyl sites for hydroxylation is 1. The maximum atomic E-state index is 16.3. The summed E-state index contributed by atoms with van der Waals surface area (Å²) in [7, 11) is 2.83. The van der Waals surface area contributed by atoms with Gasteiger partial charge in [0.15, 0.2) is 12.0 Å². The van der Waals surface area contributed by atoms with Crippen LogP contribution >= 0.6 is 0 Å². The predicted octanol–water partition coefficient (Wildman–Crippen LogP) is 10.8. The summed E-state index contributed by atoms with van der Waals surface area (Å²) in [5.41, 5.74) is 10.3. The molecule has 3 aliphatic heterocycles. The normalized spacial score (nSPS) is 19.0. The van der Waals surface area contributed by atoms with E-state index in [4.69, 9.17) is 29.6 Å². The number of carbonyl (C=O) groups excluding carboxylic acids is 3. The van der Waals surface area contributed by atoms with Crippen LogP contribution in [-0.4, -0.2) is 137 Å². The number of amides is 2. The topological polar surface area (TPSA) is 214 Å². The molecule has 5 aliphatic rings. The number of aldehydes is 1. The highest BCUT2D eigenvalue weighted by atomic mass is 19.1. The number of nitrogens with zero attached hydrogens (tertiary/aromatic N) is 10. The zero-order chi connectivity index (χ0) is 60.6. The van der Waals surface area contributed by atoms with Crippen LogP contribution in [0.5, 0.6) is 11.8 Å². The second-order valence-electron chi connectivity index (χ2n) is 24.3. The number of halogens is 1. The van der Waals surface area contributed by atoms with Crippen LogP contribution in [-0.2, 0) is 29.3 Å². The number of aromatic amines is 1. The van der Waals surface area contributed by atoms with Gasteiger partial charge in [0, 0.05) is 110 Å². The van der Waals surface area contributed by atoms with Gasteiger partial charge in [0.2, 0.25) is 11.8 Å². The first-order valence-electron chi connectivity index (χ1n) is 31.2. The van der Waals surface area contributed by atoms with Crippen LogP contribution in [0.4, 0.5) is 15.9 Å². The molecule has 3 saturated heterocycles. The number of H-pyrrole nitrogens is 1. The van der Waals surface area contributed by atoms with Crippen molar-refractivity contribution in [3.05, 3.63) is 113 Å². The molecule has 4 unspecified atom stereocenters. The van der Waals surface area contributed by atoms with Crippen LogP contribution in [0.25, 0.3) is 55.3 Å². The lowest BCUT2D eigenvalue weighted by molar-refractivity contribution is -0.142. The third-order valence-electron chi connectivity index (χ3n) is 18.6. The fourth-order valence-corrected chi connectivity index (χ4v) is 14.0. The van der Waals surface area contributed by atoms with Gasteiger partial charge in [-0.2, -0.15) is 25.3 Å². The van der Waals surface area contributed by atoms with E-state index >= 15 is 4.39 Å². The number of nitrogens with one attached hydrogen (secondary N) is 3. The van der Waals surface area contributed by atoms with Gasteiger partial charge in [-0.1, -0.05) is 63.6 Å². The fourth-order valence-electron chi connectivity index (χ4n) is 14.0. The summed E-state index contributed by atoms with van der Waals surface area (Å²) in [6, 6.07) is 19.4. The number of aliphatic hydroxyl groups excluding tert-OH is 1. The first kappa shape index (κ1) is 59.1. The van der Waals surface area contributed by atoms with E-state index in [1.54, 1.807) is 28.2 Å². The molecule has 0 radical (unpaired) electrons. The highest BCUT2D eigenvalue weighted by molar-refractivity contribution is 6.06. The zero-order valence-corrected chi connectivity index (χ0v) is 51.0. The molecule has 2 amide bonds. The number of rotatable bonds is 20. The molecule has 7 heterocycles. The molecule has 8 aromatic rings. The maximum Gasteiger partial charge on any atom is 0.319 e. The largest absolute Gasteiger partial charge is 0.486 e. The molecule has 4 N–H and O–H groups in total. The minimum absolute atomic E-state index is 0.00229. The third kappa shape index (κ3) is 11.4. The van der Waals surface area contributed by atoms with Crippen LogP contribution < -0.4 is 25.0 Å². The number of carbonyl (C=O) groups is 3. The van der Waals surface area contributed by atoms with Gasteiger partial charge >= 0.3 is 6.01 Å². The summed E-state index contributed by atoms with van der Waals surface area (Å²) >= 11 is 0. The summed E-state index contributed by atoms with van der Waals surface area (Å²) in [6.07, 6.45) is 15.6. The monoisotopic (exact) mass is 1180 g/mol. The molecule has 20 heteroatoms. The highest BCUT2D eigenvalue weighted by Gasteiger charge is 2.45. The minimum Gasteiger partial charge on any atom is -0.486 e. The van der Waals surface area contributed by atoms with Gasteiger partial charge in [0.1, 0.15) is 47.6 Å².